The van der Waals surface area contributed by atoms with Gasteiger partial charge in [-0.1, -0.05) is 41.7 Å². The van der Waals surface area contributed by atoms with Crippen LogP contribution in [0.1, 0.15) is 5.56 Å². The van der Waals surface area contributed by atoms with Gasteiger partial charge in [0.1, 0.15) is 0 Å². The lowest BCUT2D eigenvalue weighted by atomic mass is 10.2. The number of hydrogen-bond acceptors (Lipinski definition) is 2. The minimum absolute atomic E-state index is 0.843. The lowest BCUT2D eigenvalue weighted by Gasteiger charge is -2.01. The Labute approximate surface area is 76.3 Å². The first-order valence-corrected chi connectivity index (χ1v) is 4.73. The van der Waals surface area contributed by atoms with Crippen LogP contribution >= 0.6 is 23.5 Å². The Morgan fingerprint density at radius 2 is 2.18 bits per heavy atom. The van der Waals surface area contributed by atoms with Gasteiger partial charge in [0.15, 0.2) is 0 Å². The van der Waals surface area contributed by atoms with Crippen molar-refractivity contribution in [3.63, 3.8) is 0 Å². The molecule has 0 saturated heterocycles. The minimum atomic E-state index is 0.843. The van der Waals surface area contributed by atoms with Gasteiger partial charge in [-0.05, 0) is 18.7 Å². The summed E-state index contributed by atoms with van der Waals surface area (Å²) < 4.78 is 3.00. The molecule has 0 unspecified atom stereocenters. The van der Waals surface area contributed by atoms with E-state index in [9.17, 15) is 0 Å². The molecule has 3 heteroatoms. The molecule has 0 amide bonds. The molecule has 0 spiro atoms. The van der Waals surface area contributed by atoms with Gasteiger partial charge in [-0.2, -0.15) is 0 Å². The van der Waals surface area contributed by atoms with E-state index in [1.807, 2.05) is 31.3 Å². The molecule has 60 valence electrons. The summed E-state index contributed by atoms with van der Waals surface area (Å²) in [4.78, 5) is 0. The van der Waals surface area contributed by atoms with Crippen LogP contribution in [-0.2, 0) is 5.75 Å². The Morgan fingerprint density at radius 3 is 2.82 bits per heavy atom. The fourth-order valence-electron chi connectivity index (χ4n) is 0.765. The van der Waals surface area contributed by atoms with E-state index in [1.54, 1.807) is 11.9 Å². The first-order chi connectivity index (χ1) is 5.34. The molecule has 1 N–H and O–H groups in total. The predicted octanol–water partition coefficient (Wildman–Crippen LogP) is 2.71. The van der Waals surface area contributed by atoms with Crippen molar-refractivity contribution in [3.8, 4) is 0 Å². The van der Waals surface area contributed by atoms with Gasteiger partial charge in [-0.25, -0.2) is 0 Å². The van der Waals surface area contributed by atoms with Crippen molar-refractivity contribution in [2.24, 2.45) is 0 Å². The lowest BCUT2D eigenvalue weighted by Crippen LogP contribution is -1.92. The van der Waals surface area contributed by atoms with E-state index in [2.05, 4.69) is 4.72 Å². The summed E-state index contributed by atoms with van der Waals surface area (Å²) in [5.74, 6) is 0.913. The van der Waals surface area contributed by atoms with Crippen molar-refractivity contribution < 1.29 is 0 Å². The molecule has 0 bridgehead atoms. The van der Waals surface area contributed by atoms with Gasteiger partial charge >= 0.3 is 0 Å². The highest BCUT2D eigenvalue weighted by Gasteiger charge is 1.96. The Bertz CT molecular complexity index is 227. The quantitative estimate of drug-likeness (QED) is 0.731. The maximum absolute atomic E-state index is 5.92. The van der Waals surface area contributed by atoms with Gasteiger partial charge in [-0.3, -0.25) is 4.72 Å². The monoisotopic (exact) mass is 187 g/mol. The van der Waals surface area contributed by atoms with E-state index in [1.165, 1.54) is 5.56 Å². The molecular formula is C8H10ClNS. The summed E-state index contributed by atoms with van der Waals surface area (Å²) in [7, 11) is 1.90. The summed E-state index contributed by atoms with van der Waals surface area (Å²) in [5.41, 5.74) is 1.17. The zero-order valence-corrected chi connectivity index (χ0v) is 7.88. The third-order valence-corrected chi connectivity index (χ3v) is 2.44. The normalized spacial score (nSPS) is 10.0. The van der Waals surface area contributed by atoms with Crippen molar-refractivity contribution in [3.05, 3.63) is 34.9 Å². The highest BCUT2D eigenvalue weighted by Crippen LogP contribution is 2.18. The van der Waals surface area contributed by atoms with E-state index < -0.39 is 0 Å². The first kappa shape index (κ1) is 8.91. The van der Waals surface area contributed by atoms with Crippen LogP contribution < -0.4 is 4.72 Å². The summed E-state index contributed by atoms with van der Waals surface area (Å²) >= 11 is 7.56. The largest absolute Gasteiger partial charge is 0.267 e. The van der Waals surface area contributed by atoms with Crippen LogP contribution in [0.5, 0.6) is 0 Å². The van der Waals surface area contributed by atoms with Crippen LogP contribution in [0.4, 0.5) is 0 Å². The molecule has 0 fully saturated rings. The highest BCUT2D eigenvalue weighted by molar-refractivity contribution is 7.96. The number of nitrogens with one attached hydrogen (secondary N) is 1. The third kappa shape index (κ3) is 2.73. The van der Waals surface area contributed by atoms with Crippen molar-refractivity contribution in [1.29, 1.82) is 0 Å². The van der Waals surface area contributed by atoms with Crippen LogP contribution in [-0.4, -0.2) is 7.05 Å². The Balaban J connectivity index is 2.62. The molecular weight excluding hydrogens is 178 g/mol. The van der Waals surface area contributed by atoms with Gasteiger partial charge in [0.2, 0.25) is 0 Å². The third-order valence-electron chi connectivity index (χ3n) is 1.33. The predicted molar refractivity (Wildman–Crippen MR) is 51.8 cm³/mol. The molecule has 1 aromatic carbocycles. The SMILES string of the molecule is CNSCc1ccccc1Cl. The van der Waals surface area contributed by atoms with Crippen LogP contribution in [0.25, 0.3) is 0 Å². The number of rotatable bonds is 3. The molecule has 1 nitrogen and oxygen atoms in total. The molecule has 0 aliphatic carbocycles. The molecule has 0 saturated carbocycles. The molecule has 0 radical (unpaired) electrons. The highest BCUT2D eigenvalue weighted by atomic mass is 35.5. The maximum Gasteiger partial charge on any atom is 0.0446 e. The Kier molecular flexibility index (Phi) is 3.77. The van der Waals surface area contributed by atoms with Gasteiger partial charge in [-0.15, -0.1) is 0 Å². The molecule has 0 aromatic heterocycles. The average Bonchev–Trinajstić information content (AvgIpc) is 2.03. The minimum Gasteiger partial charge on any atom is -0.267 e. The van der Waals surface area contributed by atoms with Crippen LogP contribution in [0.2, 0.25) is 5.02 Å². The molecule has 0 heterocycles. The van der Waals surface area contributed by atoms with Crippen LogP contribution in [0.3, 0.4) is 0 Å². The van der Waals surface area contributed by atoms with Crippen LogP contribution in [0, 0.1) is 0 Å². The van der Waals surface area contributed by atoms with Crippen molar-refractivity contribution in [1.82, 2.24) is 4.72 Å². The van der Waals surface area contributed by atoms with E-state index in [4.69, 9.17) is 11.6 Å². The number of halogens is 1. The van der Waals surface area contributed by atoms with E-state index >= 15 is 0 Å². The molecule has 1 aromatic rings. The molecule has 0 aliphatic heterocycles. The smallest absolute Gasteiger partial charge is 0.0446 e. The van der Waals surface area contributed by atoms with Crippen molar-refractivity contribution in [2.45, 2.75) is 5.75 Å². The summed E-state index contributed by atoms with van der Waals surface area (Å²) in [6.45, 7) is 0. The lowest BCUT2D eigenvalue weighted by molar-refractivity contribution is 1.27. The molecule has 1 rings (SSSR count). The fourth-order valence-corrected chi connectivity index (χ4v) is 1.60. The summed E-state index contributed by atoms with van der Waals surface area (Å²) in [5, 5.41) is 0.843. The van der Waals surface area contributed by atoms with Gasteiger partial charge in [0.25, 0.3) is 0 Å². The average molecular weight is 188 g/mol. The number of benzene rings is 1. The summed E-state index contributed by atoms with van der Waals surface area (Å²) in [6, 6.07) is 7.88. The molecule has 0 atom stereocenters. The van der Waals surface area contributed by atoms with E-state index in [0.29, 0.717) is 0 Å². The second-order valence-corrected chi connectivity index (χ2v) is 3.48. The van der Waals surface area contributed by atoms with Gasteiger partial charge in [0.05, 0.1) is 0 Å². The zero-order chi connectivity index (χ0) is 8.10. The van der Waals surface area contributed by atoms with Gasteiger partial charge < -0.3 is 0 Å². The topological polar surface area (TPSA) is 12.0 Å². The van der Waals surface area contributed by atoms with Crippen molar-refractivity contribution >= 4 is 23.5 Å². The molecule has 0 aliphatic rings. The Hall–Kier alpha value is -0.180. The van der Waals surface area contributed by atoms with Crippen molar-refractivity contribution in [2.75, 3.05) is 7.05 Å². The van der Waals surface area contributed by atoms with Crippen LogP contribution in [0.15, 0.2) is 24.3 Å². The second-order valence-electron chi connectivity index (χ2n) is 2.08. The summed E-state index contributed by atoms with van der Waals surface area (Å²) in [6.07, 6.45) is 0. The van der Waals surface area contributed by atoms with E-state index in [-0.39, 0.29) is 0 Å². The number of hydrogen-bond donors (Lipinski definition) is 1. The fraction of sp³-hybridized carbons (Fsp3) is 0.250. The maximum atomic E-state index is 5.92. The first-order valence-electron chi connectivity index (χ1n) is 3.36. The molecule has 11 heavy (non-hydrogen) atoms. The van der Waals surface area contributed by atoms with E-state index in [0.717, 1.165) is 10.8 Å². The van der Waals surface area contributed by atoms with Gasteiger partial charge in [0, 0.05) is 10.8 Å². The Morgan fingerprint density at radius 1 is 1.45 bits per heavy atom. The zero-order valence-electron chi connectivity index (χ0n) is 6.30. The standard InChI is InChI=1S/C8H10ClNS/c1-10-11-6-7-4-2-3-5-8(7)9/h2-5,10H,6H2,1H3. The second kappa shape index (κ2) is 4.65.